The van der Waals surface area contributed by atoms with Crippen LogP contribution in [0.4, 0.5) is 5.69 Å². The number of hydrogen-bond donors (Lipinski definition) is 2. The van der Waals surface area contributed by atoms with E-state index in [1.54, 1.807) is 13.8 Å². The smallest absolute Gasteiger partial charge is 0.239 e. The maximum absolute atomic E-state index is 12.6. The quantitative estimate of drug-likeness (QED) is 0.584. The molecule has 0 atom stereocenters. The Bertz CT molecular complexity index is 747. The molecule has 2 aromatic rings. The highest BCUT2D eigenvalue weighted by Crippen LogP contribution is 2.21. The summed E-state index contributed by atoms with van der Waals surface area (Å²) in [6.07, 6.45) is 1.74. The summed E-state index contributed by atoms with van der Waals surface area (Å²) >= 11 is 0. The van der Waals surface area contributed by atoms with Crippen LogP contribution >= 0.6 is 0 Å². The molecule has 2 rings (SSSR count). The minimum absolute atomic E-state index is 0.257. The predicted molar refractivity (Wildman–Crippen MR) is 106 cm³/mol. The molecule has 4 nitrogen and oxygen atoms in total. The Morgan fingerprint density at radius 1 is 0.923 bits per heavy atom. The number of anilines is 1. The zero-order valence-corrected chi connectivity index (χ0v) is 16.1. The SMILES string of the molecule is Cc1cc(C)cc(NC(=O)C(C)(C)C(=O)NCCCc2ccccc2)c1. The van der Waals surface area contributed by atoms with Crippen molar-refractivity contribution in [3.05, 3.63) is 65.2 Å². The van der Waals surface area contributed by atoms with Gasteiger partial charge in [-0.3, -0.25) is 9.59 Å². The number of amides is 2. The van der Waals surface area contributed by atoms with Crippen molar-refractivity contribution < 1.29 is 9.59 Å². The summed E-state index contributed by atoms with van der Waals surface area (Å²) in [6.45, 7) is 7.81. The van der Waals surface area contributed by atoms with Crippen LogP contribution in [0.3, 0.4) is 0 Å². The van der Waals surface area contributed by atoms with E-state index < -0.39 is 5.41 Å². The van der Waals surface area contributed by atoms with Crippen LogP contribution in [0.5, 0.6) is 0 Å². The van der Waals surface area contributed by atoms with E-state index in [4.69, 9.17) is 0 Å². The zero-order chi connectivity index (χ0) is 19.2. The molecule has 2 amide bonds. The first-order chi connectivity index (χ1) is 12.3. The van der Waals surface area contributed by atoms with E-state index >= 15 is 0 Å². The van der Waals surface area contributed by atoms with Crippen molar-refractivity contribution >= 4 is 17.5 Å². The van der Waals surface area contributed by atoms with E-state index in [-0.39, 0.29) is 11.8 Å². The molecule has 0 spiro atoms. The van der Waals surface area contributed by atoms with Crippen molar-refractivity contribution in [2.45, 2.75) is 40.5 Å². The number of carbonyl (C=O) groups is 2. The number of aryl methyl sites for hydroxylation is 3. The van der Waals surface area contributed by atoms with Gasteiger partial charge in [-0.2, -0.15) is 0 Å². The molecular weight excluding hydrogens is 324 g/mol. The Balaban J connectivity index is 1.86. The standard InChI is InChI=1S/C22H28N2O2/c1-16-13-17(2)15-19(14-16)24-21(26)22(3,4)20(25)23-12-8-11-18-9-6-5-7-10-18/h5-7,9-10,13-15H,8,11-12H2,1-4H3,(H,23,25)(H,24,26). The first kappa shape index (κ1) is 19.7. The van der Waals surface area contributed by atoms with Gasteiger partial charge in [-0.1, -0.05) is 36.4 Å². The fourth-order valence-electron chi connectivity index (χ4n) is 2.80. The summed E-state index contributed by atoms with van der Waals surface area (Å²) in [5.74, 6) is -0.560. The highest BCUT2D eigenvalue weighted by Gasteiger charge is 2.35. The van der Waals surface area contributed by atoms with Crippen molar-refractivity contribution in [3.63, 3.8) is 0 Å². The molecule has 0 aromatic heterocycles. The highest BCUT2D eigenvalue weighted by atomic mass is 16.2. The molecule has 0 radical (unpaired) electrons. The van der Waals surface area contributed by atoms with Gasteiger partial charge in [0.25, 0.3) is 0 Å². The molecule has 0 saturated carbocycles. The molecule has 138 valence electrons. The minimum Gasteiger partial charge on any atom is -0.355 e. The highest BCUT2D eigenvalue weighted by molar-refractivity contribution is 6.09. The minimum atomic E-state index is -1.13. The van der Waals surface area contributed by atoms with Crippen LogP contribution in [0, 0.1) is 19.3 Å². The lowest BCUT2D eigenvalue weighted by Crippen LogP contribution is -2.45. The third kappa shape index (κ3) is 5.45. The van der Waals surface area contributed by atoms with Crippen LogP contribution in [-0.4, -0.2) is 18.4 Å². The summed E-state index contributed by atoms with van der Waals surface area (Å²) in [4.78, 5) is 25.1. The number of rotatable bonds is 7. The summed E-state index contributed by atoms with van der Waals surface area (Å²) in [7, 11) is 0. The van der Waals surface area contributed by atoms with Crippen LogP contribution in [0.25, 0.3) is 0 Å². The first-order valence-electron chi connectivity index (χ1n) is 9.01. The molecule has 0 bridgehead atoms. The lowest BCUT2D eigenvalue weighted by atomic mass is 9.90. The van der Waals surface area contributed by atoms with Gasteiger partial charge in [0.2, 0.25) is 11.8 Å². The van der Waals surface area contributed by atoms with Gasteiger partial charge in [0.05, 0.1) is 0 Å². The Morgan fingerprint density at radius 3 is 2.15 bits per heavy atom. The molecule has 0 aliphatic heterocycles. The Kier molecular flexibility index (Phi) is 6.56. The molecule has 0 aliphatic rings. The van der Waals surface area contributed by atoms with Crippen LogP contribution in [0.1, 0.15) is 37.0 Å². The van der Waals surface area contributed by atoms with E-state index in [1.165, 1.54) is 5.56 Å². The molecule has 4 heteroatoms. The zero-order valence-electron chi connectivity index (χ0n) is 16.1. The lowest BCUT2D eigenvalue weighted by molar-refractivity contribution is -0.138. The van der Waals surface area contributed by atoms with Gasteiger partial charge in [0, 0.05) is 12.2 Å². The Morgan fingerprint density at radius 2 is 1.54 bits per heavy atom. The van der Waals surface area contributed by atoms with Crippen LogP contribution < -0.4 is 10.6 Å². The monoisotopic (exact) mass is 352 g/mol. The molecule has 0 heterocycles. The first-order valence-corrected chi connectivity index (χ1v) is 9.01. The Hall–Kier alpha value is -2.62. The second-order valence-corrected chi connectivity index (χ2v) is 7.30. The van der Waals surface area contributed by atoms with Gasteiger partial charge < -0.3 is 10.6 Å². The molecule has 0 fully saturated rings. The molecular formula is C22H28N2O2. The van der Waals surface area contributed by atoms with Gasteiger partial charge in [-0.15, -0.1) is 0 Å². The van der Waals surface area contributed by atoms with Gasteiger partial charge in [0.1, 0.15) is 5.41 Å². The molecule has 2 aromatic carbocycles. The largest absolute Gasteiger partial charge is 0.355 e. The normalized spacial score (nSPS) is 11.1. The second-order valence-electron chi connectivity index (χ2n) is 7.30. The van der Waals surface area contributed by atoms with Crippen LogP contribution in [0.2, 0.25) is 0 Å². The molecule has 0 saturated heterocycles. The number of carbonyl (C=O) groups excluding carboxylic acids is 2. The predicted octanol–water partition coefficient (Wildman–Crippen LogP) is 4.02. The van der Waals surface area contributed by atoms with E-state index in [0.717, 1.165) is 29.7 Å². The average Bonchev–Trinajstić information content (AvgIpc) is 2.58. The van der Waals surface area contributed by atoms with Crippen LogP contribution in [0.15, 0.2) is 48.5 Å². The van der Waals surface area contributed by atoms with Crippen molar-refractivity contribution in [1.29, 1.82) is 0 Å². The third-order valence-corrected chi connectivity index (χ3v) is 4.39. The Labute approximate surface area is 156 Å². The fraction of sp³-hybridized carbons (Fsp3) is 0.364. The summed E-state index contributed by atoms with van der Waals surface area (Å²) in [6, 6.07) is 16.0. The number of nitrogens with one attached hydrogen (secondary N) is 2. The van der Waals surface area contributed by atoms with Crippen molar-refractivity contribution in [1.82, 2.24) is 5.32 Å². The molecule has 0 unspecified atom stereocenters. The maximum atomic E-state index is 12.6. The van der Waals surface area contributed by atoms with Gasteiger partial charge in [0.15, 0.2) is 0 Å². The van der Waals surface area contributed by atoms with E-state index in [2.05, 4.69) is 22.8 Å². The summed E-state index contributed by atoms with van der Waals surface area (Å²) in [5, 5.41) is 5.74. The molecule has 26 heavy (non-hydrogen) atoms. The molecule has 0 aliphatic carbocycles. The number of hydrogen-bond acceptors (Lipinski definition) is 2. The molecule has 2 N–H and O–H groups in total. The van der Waals surface area contributed by atoms with Gasteiger partial charge >= 0.3 is 0 Å². The van der Waals surface area contributed by atoms with Crippen molar-refractivity contribution in [3.8, 4) is 0 Å². The fourth-order valence-corrected chi connectivity index (χ4v) is 2.80. The van der Waals surface area contributed by atoms with Crippen LogP contribution in [-0.2, 0) is 16.0 Å². The second kappa shape index (κ2) is 8.65. The maximum Gasteiger partial charge on any atom is 0.239 e. The van der Waals surface area contributed by atoms with E-state index in [1.807, 2.05) is 50.2 Å². The van der Waals surface area contributed by atoms with E-state index in [9.17, 15) is 9.59 Å². The topological polar surface area (TPSA) is 58.2 Å². The summed E-state index contributed by atoms with van der Waals surface area (Å²) < 4.78 is 0. The third-order valence-electron chi connectivity index (χ3n) is 4.39. The lowest BCUT2D eigenvalue weighted by Gasteiger charge is -2.23. The number of benzene rings is 2. The average molecular weight is 352 g/mol. The van der Waals surface area contributed by atoms with Crippen molar-refractivity contribution in [2.75, 3.05) is 11.9 Å². The van der Waals surface area contributed by atoms with E-state index in [0.29, 0.717) is 6.54 Å². The van der Waals surface area contributed by atoms with Gasteiger partial charge in [-0.25, -0.2) is 0 Å². The van der Waals surface area contributed by atoms with Crippen molar-refractivity contribution in [2.24, 2.45) is 5.41 Å². The van der Waals surface area contributed by atoms with Gasteiger partial charge in [-0.05, 0) is 69.4 Å². The summed E-state index contributed by atoms with van der Waals surface area (Å²) in [5.41, 5.74) is 2.97.